The molecule has 0 saturated heterocycles. The Morgan fingerprint density at radius 1 is 1.20 bits per heavy atom. The third-order valence-corrected chi connectivity index (χ3v) is 3.47. The summed E-state index contributed by atoms with van der Waals surface area (Å²) in [6.07, 6.45) is -5.75. The molecule has 0 fully saturated rings. The van der Waals surface area contributed by atoms with Gasteiger partial charge in [-0.15, -0.1) is 0 Å². The van der Waals surface area contributed by atoms with E-state index in [1.807, 2.05) is 0 Å². The molecule has 0 aliphatic rings. The van der Waals surface area contributed by atoms with Gasteiger partial charge in [-0.05, 0) is 41.5 Å². The van der Waals surface area contributed by atoms with Crippen LogP contribution in [0, 0.1) is 0 Å². The van der Waals surface area contributed by atoms with E-state index in [4.69, 9.17) is 11.6 Å². The molecule has 0 aliphatic heterocycles. The van der Waals surface area contributed by atoms with Crippen LogP contribution < -0.4 is 4.74 Å². The van der Waals surface area contributed by atoms with Crippen LogP contribution in [0.2, 0.25) is 5.02 Å². The molecule has 1 unspecified atom stereocenters. The summed E-state index contributed by atoms with van der Waals surface area (Å²) in [4.78, 5) is 11.7. The number of aliphatic hydroxyl groups is 1. The molecule has 134 valence electrons. The molecule has 0 radical (unpaired) electrons. The summed E-state index contributed by atoms with van der Waals surface area (Å²) >= 11 is 5.88. The molecule has 4 nitrogen and oxygen atoms in total. The molecule has 1 atom stereocenters. The minimum absolute atomic E-state index is 0.0433. The Labute approximate surface area is 146 Å². The highest BCUT2D eigenvalue weighted by atomic mass is 35.5. The van der Waals surface area contributed by atoms with Crippen molar-refractivity contribution in [2.24, 2.45) is 0 Å². The Morgan fingerprint density at radius 2 is 1.92 bits per heavy atom. The number of hydrogen-bond acceptors (Lipinski definition) is 4. The second kappa shape index (κ2) is 7.76. The first-order valence-electron chi connectivity index (χ1n) is 7.06. The molecule has 0 aliphatic carbocycles. The van der Waals surface area contributed by atoms with Crippen LogP contribution in [0.3, 0.4) is 0 Å². The van der Waals surface area contributed by atoms with Crippen LogP contribution in [0.1, 0.15) is 27.6 Å². The third kappa shape index (κ3) is 5.37. The van der Waals surface area contributed by atoms with E-state index in [0.29, 0.717) is 10.6 Å². The maximum Gasteiger partial charge on any atom is 0.422 e. The van der Waals surface area contributed by atoms with Crippen molar-refractivity contribution in [3.05, 3.63) is 64.2 Å². The van der Waals surface area contributed by atoms with E-state index in [0.717, 1.165) is 13.2 Å². The lowest BCUT2D eigenvalue weighted by atomic mass is 9.99. The van der Waals surface area contributed by atoms with E-state index in [1.54, 1.807) is 18.2 Å². The van der Waals surface area contributed by atoms with Gasteiger partial charge < -0.3 is 14.6 Å². The summed E-state index contributed by atoms with van der Waals surface area (Å²) < 4.78 is 46.3. The van der Waals surface area contributed by atoms with Crippen molar-refractivity contribution >= 4 is 17.6 Å². The number of hydrogen-bond donors (Lipinski definition) is 1. The molecule has 0 amide bonds. The van der Waals surface area contributed by atoms with Gasteiger partial charge in [0.2, 0.25) is 0 Å². The zero-order valence-corrected chi connectivity index (χ0v) is 13.8. The zero-order chi connectivity index (χ0) is 18.6. The van der Waals surface area contributed by atoms with Gasteiger partial charge in [0.05, 0.1) is 12.7 Å². The summed E-state index contributed by atoms with van der Waals surface area (Å²) in [5.41, 5.74) is 0.539. The van der Waals surface area contributed by atoms with Crippen molar-refractivity contribution in [1.82, 2.24) is 0 Å². The second-order valence-corrected chi connectivity index (χ2v) is 5.58. The summed E-state index contributed by atoms with van der Waals surface area (Å²) in [6, 6.07) is 9.99. The van der Waals surface area contributed by atoms with Crippen molar-refractivity contribution in [2.75, 3.05) is 13.7 Å². The van der Waals surface area contributed by atoms with Crippen molar-refractivity contribution in [3.63, 3.8) is 0 Å². The molecule has 2 aromatic rings. The van der Waals surface area contributed by atoms with Gasteiger partial charge in [-0.1, -0.05) is 23.7 Å². The molecular formula is C17H14ClF3O4. The lowest BCUT2D eigenvalue weighted by molar-refractivity contribution is -0.153. The molecule has 0 bridgehead atoms. The number of aliphatic hydroxyl groups excluding tert-OH is 1. The molecule has 2 aromatic carbocycles. The Bertz CT molecular complexity index is 762. The first-order valence-corrected chi connectivity index (χ1v) is 7.44. The van der Waals surface area contributed by atoms with Crippen LogP contribution in [0.15, 0.2) is 42.5 Å². The van der Waals surface area contributed by atoms with Crippen molar-refractivity contribution < 1.29 is 32.5 Å². The summed E-state index contributed by atoms with van der Waals surface area (Å²) in [5, 5.41) is 10.8. The van der Waals surface area contributed by atoms with Crippen LogP contribution in [-0.4, -0.2) is 31.0 Å². The number of alkyl halides is 3. The quantitative estimate of drug-likeness (QED) is 0.799. The molecule has 0 saturated carbocycles. The normalized spacial score (nSPS) is 12.6. The highest BCUT2D eigenvalue weighted by Gasteiger charge is 2.29. The monoisotopic (exact) mass is 374 g/mol. The van der Waals surface area contributed by atoms with Gasteiger partial charge in [0.25, 0.3) is 0 Å². The van der Waals surface area contributed by atoms with E-state index in [1.165, 1.54) is 18.2 Å². The molecule has 1 N–H and O–H groups in total. The number of ether oxygens (including phenoxy) is 2. The Balaban J connectivity index is 2.40. The van der Waals surface area contributed by atoms with Crippen molar-refractivity contribution in [2.45, 2.75) is 12.3 Å². The first kappa shape index (κ1) is 19.1. The number of esters is 1. The fourth-order valence-electron chi connectivity index (χ4n) is 2.13. The number of rotatable bonds is 5. The molecule has 0 spiro atoms. The smallest absolute Gasteiger partial charge is 0.422 e. The predicted molar refractivity (Wildman–Crippen MR) is 84.8 cm³/mol. The van der Waals surface area contributed by atoms with Crippen molar-refractivity contribution in [3.8, 4) is 5.75 Å². The standard InChI is InChI=1S/C17H14ClF3O4/c1-24-16(23)12-5-11(7-14(8-12)25-9-17(19,20)21)15(22)10-3-2-4-13(18)6-10/h2-8,15,22H,9H2,1H3. The number of halogens is 4. The number of methoxy groups -OCH3 is 1. The average molecular weight is 375 g/mol. The highest BCUT2D eigenvalue weighted by Crippen LogP contribution is 2.29. The topological polar surface area (TPSA) is 55.8 Å². The van der Waals surface area contributed by atoms with Gasteiger partial charge in [-0.25, -0.2) is 4.79 Å². The summed E-state index contributed by atoms with van der Waals surface area (Å²) in [7, 11) is 1.14. The van der Waals surface area contributed by atoms with Crippen LogP contribution >= 0.6 is 11.6 Å². The van der Waals surface area contributed by atoms with E-state index < -0.39 is 24.9 Å². The van der Waals surface area contributed by atoms with E-state index in [9.17, 15) is 23.1 Å². The van der Waals surface area contributed by atoms with Gasteiger partial charge in [-0.3, -0.25) is 0 Å². The summed E-state index contributed by atoms with van der Waals surface area (Å²) in [6.45, 7) is -1.52. The van der Waals surface area contributed by atoms with Gasteiger partial charge in [0, 0.05) is 5.02 Å². The molecule has 2 rings (SSSR count). The maximum absolute atomic E-state index is 12.4. The van der Waals surface area contributed by atoms with Gasteiger partial charge in [-0.2, -0.15) is 13.2 Å². The Morgan fingerprint density at radius 3 is 2.52 bits per heavy atom. The maximum atomic E-state index is 12.4. The van der Waals surface area contributed by atoms with Crippen LogP contribution in [0.4, 0.5) is 13.2 Å². The highest BCUT2D eigenvalue weighted by molar-refractivity contribution is 6.30. The summed E-state index contributed by atoms with van der Waals surface area (Å²) in [5.74, 6) is -0.978. The second-order valence-electron chi connectivity index (χ2n) is 5.14. The average Bonchev–Trinajstić information content (AvgIpc) is 2.57. The molecule has 25 heavy (non-hydrogen) atoms. The molecule has 8 heteroatoms. The van der Waals surface area contributed by atoms with Crippen LogP contribution in [0.5, 0.6) is 5.75 Å². The Kier molecular flexibility index (Phi) is 5.92. The minimum Gasteiger partial charge on any atom is -0.484 e. The fourth-order valence-corrected chi connectivity index (χ4v) is 2.33. The van der Waals surface area contributed by atoms with Gasteiger partial charge >= 0.3 is 12.1 Å². The van der Waals surface area contributed by atoms with E-state index in [2.05, 4.69) is 9.47 Å². The predicted octanol–water partition coefficient (Wildman–Crippen LogP) is 4.15. The number of carbonyl (C=O) groups is 1. The number of benzene rings is 2. The largest absolute Gasteiger partial charge is 0.484 e. The lowest BCUT2D eigenvalue weighted by Gasteiger charge is -2.16. The molecule has 0 aromatic heterocycles. The first-order chi connectivity index (χ1) is 11.7. The fraction of sp³-hybridized carbons (Fsp3) is 0.235. The van der Waals surface area contributed by atoms with Crippen LogP contribution in [-0.2, 0) is 4.74 Å². The number of carbonyl (C=O) groups excluding carboxylic acids is 1. The Hall–Kier alpha value is -2.25. The molecular weight excluding hydrogens is 361 g/mol. The SMILES string of the molecule is COC(=O)c1cc(OCC(F)(F)F)cc(C(O)c2cccc(Cl)c2)c1. The van der Waals surface area contributed by atoms with Crippen LogP contribution in [0.25, 0.3) is 0 Å². The van der Waals surface area contributed by atoms with E-state index in [-0.39, 0.29) is 16.9 Å². The van der Waals surface area contributed by atoms with E-state index >= 15 is 0 Å². The van der Waals surface area contributed by atoms with Crippen molar-refractivity contribution in [1.29, 1.82) is 0 Å². The molecule has 0 heterocycles. The van der Waals surface area contributed by atoms with Gasteiger partial charge in [0.1, 0.15) is 11.9 Å². The zero-order valence-electron chi connectivity index (χ0n) is 13.0. The lowest BCUT2D eigenvalue weighted by Crippen LogP contribution is -2.19. The minimum atomic E-state index is -4.53. The third-order valence-electron chi connectivity index (χ3n) is 3.23. The van der Waals surface area contributed by atoms with Gasteiger partial charge in [0.15, 0.2) is 6.61 Å².